The van der Waals surface area contributed by atoms with Crippen LogP contribution in [0.4, 0.5) is 0 Å². The number of carbonyl (C=O) groups excluding carboxylic acids is 2. The van der Waals surface area contributed by atoms with Crippen LogP contribution < -0.4 is 20.2 Å². The Bertz CT molecular complexity index is 725. The van der Waals surface area contributed by atoms with Gasteiger partial charge in [-0.25, -0.2) is 5.43 Å². The third-order valence-corrected chi connectivity index (χ3v) is 2.99. The minimum absolute atomic E-state index is 0.134. The van der Waals surface area contributed by atoms with Crippen LogP contribution in [0.15, 0.2) is 46.1 Å². The van der Waals surface area contributed by atoms with Gasteiger partial charge in [0, 0.05) is 11.6 Å². The largest absolute Gasteiger partial charge is 0.497 e. The second kappa shape index (κ2) is 8.37. The van der Waals surface area contributed by atoms with E-state index in [2.05, 4.69) is 15.8 Å². The number of furan rings is 1. The lowest BCUT2D eigenvalue weighted by molar-refractivity contribution is -0.120. The van der Waals surface area contributed by atoms with E-state index in [1.807, 2.05) is 0 Å². The fourth-order valence-corrected chi connectivity index (χ4v) is 1.79. The van der Waals surface area contributed by atoms with Gasteiger partial charge in [-0.15, -0.1) is 0 Å². The highest BCUT2D eigenvalue weighted by atomic mass is 16.5. The zero-order valence-corrected chi connectivity index (χ0v) is 13.2. The van der Waals surface area contributed by atoms with Gasteiger partial charge < -0.3 is 19.2 Å². The number of benzene rings is 1. The number of carbonyl (C=O) groups is 2. The molecule has 8 heteroatoms. The standard InChI is InChI=1S/C16H17N3O5/c1-22-12-6-5-11(14(8-12)23-2)9-18-19-15(20)10-17-16(21)13-4-3-7-24-13/h3-9H,10H2,1-2H3,(H,17,21)(H,19,20). The maximum Gasteiger partial charge on any atom is 0.287 e. The molecule has 8 nitrogen and oxygen atoms in total. The average molecular weight is 331 g/mol. The fourth-order valence-electron chi connectivity index (χ4n) is 1.79. The Hall–Kier alpha value is -3.29. The van der Waals surface area contributed by atoms with E-state index in [1.165, 1.54) is 25.7 Å². The molecule has 0 bridgehead atoms. The molecule has 0 radical (unpaired) electrons. The first-order valence-corrected chi connectivity index (χ1v) is 6.99. The van der Waals surface area contributed by atoms with Crippen LogP contribution >= 0.6 is 0 Å². The van der Waals surface area contributed by atoms with Crippen LogP contribution in [-0.4, -0.2) is 38.8 Å². The third-order valence-electron chi connectivity index (χ3n) is 2.99. The summed E-state index contributed by atoms with van der Waals surface area (Å²) in [6.45, 7) is -0.226. The van der Waals surface area contributed by atoms with E-state index < -0.39 is 11.8 Å². The summed E-state index contributed by atoms with van der Waals surface area (Å²) in [5.74, 6) is 0.385. The van der Waals surface area contributed by atoms with Crippen molar-refractivity contribution in [3.05, 3.63) is 47.9 Å². The van der Waals surface area contributed by atoms with E-state index in [0.717, 1.165) is 0 Å². The minimum atomic E-state index is -0.476. The van der Waals surface area contributed by atoms with Crippen molar-refractivity contribution in [1.82, 2.24) is 10.7 Å². The molecule has 1 aromatic carbocycles. The highest BCUT2D eigenvalue weighted by molar-refractivity contribution is 5.94. The molecule has 126 valence electrons. The van der Waals surface area contributed by atoms with E-state index in [0.29, 0.717) is 17.1 Å². The van der Waals surface area contributed by atoms with E-state index in [-0.39, 0.29) is 12.3 Å². The van der Waals surface area contributed by atoms with E-state index >= 15 is 0 Å². The van der Waals surface area contributed by atoms with Gasteiger partial charge in [0.05, 0.1) is 33.2 Å². The van der Waals surface area contributed by atoms with E-state index in [4.69, 9.17) is 13.9 Å². The number of ether oxygens (including phenoxy) is 2. The maximum atomic E-state index is 11.6. The summed E-state index contributed by atoms with van der Waals surface area (Å²) < 4.78 is 15.2. The molecule has 0 unspecified atom stereocenters. The minimum Gasteiger partial charge on any atom is -0.497 e. The number of hydrogen-bond acceptors (Lipinski definition) is 6. The van der Waals surface area contributed by atoms with Crippen LogP contribution in [0.25, 0.3) is 0 Å². The summed E-state index contributed by atoms with van der Waals surface area (Å²) in [5, 5.41) is 6.24. The predicted molar refractivity (Wildman–Crippen MR) is 86.3 cm³/mol. The number of amides is 2. The monoisotopic (exact) mass is 331 g/mol. The Morgan fingerprint density at radius 3 is 2.75 bits per heavy atom. The molecule has 2 aromatic rings. The summed E-state index contributed by atoms with van der Waals surface area (Å²) in [5.41, 5.74) is 2.98. The van der Waals surface area contributed by atoms with Crippen molar-refractivity contribution in [2.24, 2.45) is 5.10 Å². The first-order chi connectivity index (χ1) is 11.6. The van der Waals surface area contributed by atoms with Crippen molar-refractivity contribution in [1.29, 1.82) is 0 Å². The van der Waals surface area contributed by atoms with Crippen LogP contribution in [0.2, 0.25) is 0 Å². The lowest BCUT2D eigenvalue weighted by Crippen LogP contribution is -2.34. The molecule has 0 aliphatic carbocycles. The first-order valence-electron chi connectivity index (χ1n) is 6.99. The second-order valence-electron chi connectivity index (χ2n) is 4.56. The number of hydrazone groups is 1. The van der Waals surface area contributed by atoms with Gasteiger partial charge in [-0.2, -0.15) is 5.10 Å². The molecule has 2 amide bonds. The van der Waals surface area contributed by atoms with Gasteiger partial charge in [0.25, 0.3) is 11.8 Å². The summed E-state index contributed by atoms with van der Waals surface area (Å²) in [4.78, 5) is 23.2. The lowest BCUT2D eigenvalue weighted by Gasteiger charge is -2.07. The Balaban J connectivity index is 1.85. The Labute approximate surface area is 138 Å². The summed E-state index contributed by atoms with van der Waals surface area (Å²) in [6.07, 6.45) is 2.81. The normalized spacial score (nSPS) is 10.4. The van der Waals surface area contributed by atoms with Gasteiger partial charge in [0.15, 0.2) is 5.76 Å². The second-order valence-corrected chi connectivity index (χ2v) is 4.56. The zero-order valence-electron chi connectivity index (χ0n) is 13.2. The number of methoxy groups -OCH3 is 2. The van der Waals surface area contributed by atoms with Crippen LogP contribution in [0.1, 0.15) is 16.1 Å². The molecule has 0 atom stereocenters. The van der Waals surface area contributed by atoms with Crippen molar-refractivity contribution >= 4 is 18.0 Å². The number of nitrogens with zero attached hydrogens (tertiary/aromatic N) is 1. The van der Waals surface area contributed by atoms with E-state index in [9.17, 15) is 9.59 Å². The molecule has 0 fully saturated rings. The van der Waals surface area contributed by atoms with Crippen molar-refractivity contribution in [3.63, 3.8) is 0 Å². The number of rotatable bonds is 7. The molecule has 24 heavy (non-hydrogen) atoms. The topological polar surface area (TPSA) is 102 Å². The highest BCUT2D eigenvalue weighted by Crippen LogP contribution is 2.22. The predicted octanol–water partition coefficient (Wildman–Crippen LogP) is 1.18. The van der Waals surface area contributed by atoms with E-state index in [1.54, 1.807) is 31.4 Å². The maximum absolute atomic E-state index is 11.6. The Morgan fingerprint density at radius 1 is 1.25 bits per heavy atom. The molecular formula is C16H17N3O5. The third kappa shape index (κ3) is 4.60. The Kier molecular flexibility index (Phi) is 5.95. The number of hydrogen-bond donors (Lipinski definition) is 2. The fraction of sp³-hybridized carbons (Fsp3) is 0.188. The molecule has 0 saturated carbocycles. The smallest absolute Gasteiger partial charge is 0.287 e. The summed E-state index contributed by atoms with van der Waals surface area (Å²) in [7, 11) is 3.08. The van der Waals surface area contributed by atoms with Gasteiger partial charge in [-0.3, -0.25) is 9.59 Å². The Morgan fingerprint density at radius 2 is 2.08 bits per heavy atom. The van der Waals surface area contributed by atoms with Crippen molar-refractivity contribution in [3.8, 4) is 11.5 Å². The van der Waals surface area contributed by atoms with Gasteiger partial charge in [-0.1, -0.05) is 0 Å². The van der Waals surface area contributed by atoms with Crippen LogP contribution in [-0.2, 0) is 4.79 Å². The van der Waals surface area contributed by atoms with Crippen LogP contribution in [0, 0.1) is 0 Å². The highest BCUT2D eigenvalue weighted by Gasteiger charge is 2.09. The molecule has 1 aromatic heterocycles. The SMILES string of the molecule is COc1ccc(C=NNC(=O)CNC(=O)c2ccco2)c(OC)c1. The molecule has 0 saturated heterocycles. The van der Waals surface area contributed by atoms with Gasteiger partial charge in [0.2, 0.25) is 0 Å². The quantitative estimate of drug-likeness (QED) is 0.586. The number of nitrogens with one attached hydrogen (secondary N) is 2. The molecule has 2 rings (SSSR count). The molecule has 1 heterocycles. The average Bonchev–Trinajstić information content (AvgIpc) is 3.14. The first kappa shape index (κ1) is 17.1. The molecule has 0 aliphatic rings. The van der Waals surface area contributed by atoms with Gasteiger partial charge >= 0.3 is 0 Å². The summed E-state index contributed by atoms with van der Waals surface area (Å²) >= 11 is 0. The molecular weight excluding hydrogens is 314 g/mol. The lowest BCUT2D eigenvalue weighted by atomic mass is 10.2. The van der Waals surface area contributed by atoms with Crippen molar-refractivity contribution in [2.75, 3.05) is 20.8 Å². The molecule has 2 N–H and O–H groups in total. The molecule has 0 aliphatic heterocycles. The van der Waals surface area contributed by atoms with Gasteiger partial charge in [0.1, 0.15) is 11.5 Å². The van der Waals surface area contributed by atoms with Gasteiger partial charge in [-0.05, 0) is 24.3 Å². The summed E-state index contributed by atoms with van der Waals surface area (Å²) in [6, 6.07) is 8.27. The van der Waals surface area contributed by atoms with Crippen LogP contribution in [0.5, 0.6) is 11.5 Å². The van der Waals surface area contributed by atoms with Crippen LogP contribution in [0.3, 0.4) is 0 Å². The zero-order chi connectivity index (χ0) is 17.4. The van der Waals surface area contributed by atoms with Crippen molar-refractivity contribution < 1.29 is 23.5 Å². The molecule has 0 spiro atoms. The van der Waals surface area contributed by atoms with Crippen molar-refractivity contribution in [2.45, 2.75) is 0 Å².